The smallest absolute Gasteiger partial charge is 0.231 e. The molecule has 0 saturated heterocycles. The standard InChI is InChI=1S/C26H22ClNO4/c1-32-18-11-9-15(10-12-18)20-14-26(31,16-5-4-6-17(27)13-16)23-22(20)24(29)19-7-2-3-8-21(19)28-25(23)30/h2-13,20,22-23,31H,14H2,1H3,(H,28,30)/t20-,22-,23-,26+/m1/s1. The molecule has 1 aliphatic carbocycles. The predicted octanol–water partition coefficient (Wildman–Crippen LogP) is 4.79. The molecule has 0 radical (unpaired) electrons. The molecule has 4 atom stereocenters. The molecule has 0 spiro atoms. The maximum Gasteiger partial charge on any atom is 0.231 e. The van der Waals surface area contributed by atoms with Crippen molar-refractivity contribution in [2.24, 2.45) is 11.8 Å². The van der Waals surface area contributed by atoms with Crippen molar-refractivity contribution in [1.29, 1.82) is 0 Å². The predicted molar refractivity (Wildman–Crippen MR) is 122 cm³/mol. The molecule has 0 aromatic heterocycles. The number of benzene rings is 3. The molecule has 1 amide bonds. The molecule has 0 bridgehead atoms. The van der Waals surface area contributed by atoms with Crippen molar-refractivity contribution < 1.29 is 19.4 Å². The monoisotopic (exact) mass is 447 g/mol. The van der Waals surface area contributed by atoms with E-state index in [0.717, 1.165) is 5.56 Å². The van der Waals surface area contributed by atoms with E-state index < -0.39 is 17.4 Å². The molecule has 2 aliphatic rings. The van der Waals surface area contributed by atoms with Crippen LogP contribution in [0.4, 0.5) is 5.69 Å². The second-order valence-electron chi connectivity index (χ2n) is 8.42. The number of amides is 1. The average Bonchev–Trinajstić information content (AvgIpc) is 3.07. The van der Waals surface area contributed by atoms with Crippen LogP contribution in [0.15, 0.2) is 72.8 Å². The lowest BCUT2D eigenvalue weighted by molar-refractivity contribution is -0.129. The summed E-state index contributed by atoms with van der Waals surface area (Å²) in [7, 11) is 1.59. The van der Waals surface area contributed by atoms with Gasteiger partial charge < -0.3 is 15.2 Å². The summed E-state index contributed by atoms with van der Waals surface area (Å²) in [6.45, 7) is 0. The number of ketones is 1. The Labute approximate surface area is 191 Å². The largest absolute Gasteiger partial charge is 0.497 e. The Morgan fingerprint density at radius 1 is 1.03 bits per heavy atom. The number of para-hydroxylation sites is 1. The van der Waals surface area contributed by atoms with Crippen LogP contribution in [-0.2, 0) is 10.4 Å². The average molecular weight is 448 g/mol. The Balaban J connectivity index is 1.69. The normalized spacial score (nSPS) is 26.7. The van der Waals surface area contributed by atoms with Gasteiger partial charge in [-0.05, 0) is 59.9 Å². The molecule has 5 nitrogen and oxygen atoms in total. The Hall–Kier alpha value is -3.15. The maximum atomic E-state index is 13.8. The highest BCUT2D eigenvalue weighted by Gasteiger charge is 2.60. The third-order valence-corrected chi connectivity index (χ3v) is 6.98. The van der Waals surface area contributed by atoms with E-state index >= 15 is 0 Å². The quantitative estimate of drug-likeness (QED) is 0.605. The first-order chi connectivity index (χ1) is 15.4. The zero-order valence-electron chi connectivity index (χ0n) is 17.4. The molecule has 6 heteroatoms. The first-order valence-electron chi connectivity index (χ1n) is 10.5. The molecule has 1 heterocycles. The Morgan fingerprint density at radius 2 is 1.78 bits per heavy atom. The number of anilines is 1. The van der Waals surface area contributed by atoms with Crippen molar-refractivity contribution in [3.63, 3.8) is 0 Å². The van der Waals surface area contributed by atoms with E-state index in [9.17, 15) is 14.7 Å². The number of carbonyl (C=O) groups is 2. The van der Waals surface area contributed by atoms with Crippen molar-refractivity contribution >= 4 is 29.0 Å². The molecule has 32 heavy (non-hydrogen) atoms. The number of nitrogens with one attached hydrogen (secondary N) is 1. The Kier molecular flexibility index (Phi) is 5.03. The number of fused-ring (bicyclic) bond motifs is 2. The lowest BCUT2D eigenvalue weighted by Crippen LogP contribution is -2.41. The summed E-state index contributed by atoms with van der Waals surface area (Å²) in [5.41, 5.74) is 0.785. The number of halogens is 1. The first kappa shape index (κ1) is 20.7. The van der Waals surface area contributed by atoms with Crippen molar-refractivity contribution in [1.82, 2.24) is 0 Å². The lowest BCUT2D eigenvalue weighted by Gasteiger charge is -2.30. The van der Waals surface area contributed by atoms with Crippen LogP contribution in [0.3, 0.4) is 0 Å². The van der Waals surface area contributed by atoms with Crippen molar-refractivity contribution in [2.45, 2.75) is 17.9 Å². The minimum Gasteiger partial charge on any atom is -0.497 e. The molecule has 1 saturated carbocycles. The minimum atomic E-state index is -1.55. The molecule has 1 fully saturated rings. The fourth-order valence-electron chi connectivity index (χ4n) is 5.26. The summed E-state index contributed by atoms with van der Waals surface area (Å²) in [4.78, 5) is 27.3. The third-order valence-electron chi connectivity index (χ3n) is 6.74. The van der Waals surface area contributed by atoms with Gasteiger partial charge in [-0.2, -0.15) is 0 Å². The minimum absolute atomic E-state index is 0.150. The Morgan fingerprint density at radius 3 is 2.50 bits per heavy atom. The molecular formula is C26H22ClNO4. The van der Waals surface area contributed by atoms with Crippen LogP contribution < -0.4 is 10.1 Å². The van der Waals surface area contributed by atoms with Crippen LogP contribution in [0.25, 0.3) is 0 Å². The number of Topliss-reactive ketones (excluding diaryl/α,β-unsaturated/α-hetero) is 1. The second-order valence-corrected chi connectivity index (χ2v) is 8.86. The number of hydrogen-bond acceptors (Lipinski definition) is 4. The number of carbonyl (C=O) groups excluding carboxylic acids is 2. The van der Waals surface area contributed by atoms with Gasteiger partial charge in [-0.15, -0.1) is 0 Å². The van der Waals surface area contributed by atoms with Crippen LogP contribution >= 0.6 is 11.6 Å². The number of ether oxygens (including phenoxy) is 1. The van der Waals surface area contributed by atoms with E-state index in [4.69, 9.17) is 16.3 Å². The van der Waals surface area contributed by atoms with Gasteiger partial charge in [-0.3, -0.25) is 9.59 Å². The molecule has 1 aliphatic heterocycles. The zero-order valence-corrected chi connectivity index (χ0v) is 18.2. The van der Waals surface area contributed by atoms with Crippen molar-refractivity contribution in [3.8, 4) is 5.75 Å². The van der Waals surface area contributed by atoms with Gasteiger partial charge in [0.15, 0.2) is 5.78 Å². The zero-order chi connectivity index (χ0) is 22.5. The lowest BCUT2D eigenvalue weighted by atomic mass is 9.77. The van der Waals surface area contributed by atoms with Crippen LogP contribution in [0, 0.1) is 11.8 Å². The fraction of sp³-hybridized carbons (Fsp3) is 0.231. The highest BCUT2D eigenvalue weighted by atomic mass is 35.5. The molecule has 5 rings (SSSR count). The molecule has 0 unspecified atom stereocenters. The highest BCUT2D eigenvalue weighted by molar-refractivity contribution is 6.30. The summed E-state index contributed by atoms with van der Waals surface area (Å²) >= 11 is 6.22. The van der Waals surface area contributed by atoms with Gasteiger partial charge in [-0.1, -0.05) is 48.0 Å². The van der Waals surface area contributed by atoms with Gasteiger partial charge >= 0.3 is 0 Å². The maximum absolute atomic E-state index is 13.8. The van der Waals surface area contributed by atoms with E-state index in [1.165, 1.54) is 0 Å². The number of aliphatic hydroxyl groups is 1. The van der Waals surface area contributed by atoms with Gasteiger partial charge in [-0.25, -0.2) is 0 Å². The van der Waals surface area contributed by atoms with E-state index in [2.05, 4.69) is 5.32 Å². The second kappa shape index (κ2) is 7.76. The van der Waals surface area contributed by atoms with Gasteiger partial charge in [0.2, 0.25) is 5.91 Å². The molecule has 3 aromatic rings. The third kappa shape index (κ3) is 3.20. The number of hydrogen-bond donors (Lipinski definition) is 2. The van der Waals surface area contributed by atoms with Crippen LogP contribution in [0.5, 0.6) is 5.75 Å². The SMILES string of the molecule is COc1ccc([C@H]2C[C@](O)(c3cccc(Cl)c3)[C@H]3C(=O)Nc4ccccc4C(=O)[C@H]23)cc1. The molecule has 162 valence electrons. The summed E-state index contributed by atoms with van der Waals surface area (Å²) in [6.07, 6.45) is 0.219. The summed E-state index contributed by atoms with van der Waals surface area (Å²) < 4.78 is 5.27. The van der Waals surface area contributed by atoms with Gasteiger partial charge in [0.05, 0.1) is 18.7 Å². The first-order valence-corrected chi connectivity index (χ1v) is 10.9. The molecule has 2 N–H and O–H groups in total. The topological polar surface area (TPSA) is 75.6 Å². The molecular weight excluding hydrogens is 426 g/mol. The van der Waals surface area contributed by atoms with E-state index in [1.54, 1.807) is 55.6 Å². The van der Waals surface area contributed by atoms with Crippen LogP contribution in [0.1, 0.15) is 33.8 Å². The van der Waals surface area contributed by atoms with Gasteiger partial charge in [0, 0.05) is 16.5 Å². The number of methoxy groups -OCH3 is 1. The molecule has 3 aromatic carbocycles. The van der Waals surface area contributed by atoms with E-state index in [1.807, 2.05) is 24.3 Å². The fourth-order valence-corrected chi connectivity index (χ4v) is 5.45. The summed E-state index contributed by atoms with van der Waals surface area (Å²) in [5, 5.41) is 15.4. The summed E-state index contributed by atoms with van der Waals surface area (Å²) in [6, 6.07) is 21.3. The van der Waals surface area contributed by atoms with Crippen molar-refractivity contribution in [2.75, 3.05) is 12.4 Å². The number of rotatable bonds is 3. The summed E-state index contributed by atoms with van der Waals surface area (Å²) in [5.74, 6) is -1.87. The highest BCUT2D eigenvalue weighted by Crippen LogP contribution is 2.57. The van der Waals surface area contributed by atoms with E-state index in [0.29, 0.717) is 27.6 Å². The van der Waals surface area contributed by atoms with Crippen molar-refractivity contribution in [3.05, 3.63) is 94.5 Å². The van der Waals surface area contributed by atoms with Crippen LogP contribution in [-0.4, -0.2) is 23.9 Å². The Bertz CT molecular complexity index is 1210. The van der Waals surface area contributed by atoms with E-state index in [-0.39, 0.29) is 24.0 Å². The van der Waals surface area contributed by atoms with Gasteiger partial charge in [0.25, 0.3) is 0 Å². The van der Waals surface area contributed by atoms with Gasteiger partial charge in [0.1, 0.15) is 11.4 Å². The van der Waals surface area contributed by atoms with Crippen LogP contribution in [0.2, 0.25) is 5.02 Å².